The lowest BCUT2D eigenvalue weighted by molar-refractivity contribution is -0.122. The summed E-state index contributed by atoms with van der Waals surface area (Å²) in [6, 6.07) is 7.81. The van der Waals surface area contributed by atoms with Crippen LogP contribution in [0.15, 0.2) is 24.3 Å². The molecule has 0 aliphatic heterocycles. The topological polar surface area (TPSA) is 84.2 Å². The molecule has 25 heavy (non-hydrogen) atoms. The number of carbonyl (C=O) groups is 2. The number of rotatable bonds is 4. The van der Waals surface area contributed by atoms with Crippen molar-refractivity contribution in [1.29, 1.82) is 0 Å². The maximum atomic E-state index is 12.6. The Hall–Kier alpha value is -1.88. The highest BCUT2D eigenvalue weighted by Crippen LogP contribution is 2.42. The van der Waals surface area contributed by atoms with E-state index in [0.717, 1.165) is 44.2 Å². The Balaban J connectivity index is 1.35. The van der Waals surface area contributed by atoms with Crippen LogP contribution < -0.4 is 16.4 Å². The first-order valence-corrected chi connectivity index (χ1v) is 9.57. The third-order valence-corrected chi connectivity index (χ3v) is 6.11. The van der Waals surface area contributed by atoms with Crippen LogP contribution in [0.25, 0.3) is 0 Å². The molecule has 0 radical (unpaired) electrons. The summed E-state index contributed by atoms with van der Waals surface area (Å²) in [5.41, 5.74) is 7.71. The van der Waals surface area contributed by atoms with Crippen LogP contribution in [-0.2, 0) is 4.79 Å². The van der Waals surface area contributed by atoms with Gasteiger partial charge in [-0.3, -0.25) is 9.59 Å². The van der Waals surface area contributed by atoms with Gasteiger partial charge in [-0.25, -0.2) is 0 Å². The predicted octanol–water partition coefficient (Wildman–Crippen LogP) is 2.67. The third kappa shape index (κ3) is 3.71. The number of benzene rings is 1. The number of fused-ring (bicyclic) bond motifs is 2. The Morgan fingerprint density at radius 3 is 2.20 bits per heavy atom. The van der Waals surface area contributed by atoms with Gasteiger partial charge in [0.1, 0.15) is 0 Å². The standard InChI is InChI=1S/C20H27N3O2/c21-18-13-2-1-3-14(18)11-15(10-13)20(25)23-16-6-4-12(5-7-16)19(24)22-17-8-9-17/h4-7,13-15,17-18H,1-3,8-11,21H2,(H,22,24)(H,23,25). The second kappa shape index (κ2) is 6.79. The largest absolute Gasteiger partial charge is 0.349 e. The van der Waals surface area contributed by atoms with E-state index >= 15 is 0 Å². The molecule has 0 saturated heterocycles. The molecule has 5 nitrogen and oxygen atoms in total. The van der Waals surface area contributed by atoms with E-state index in [1.807, 2.05) is 12.1 Å². The van der Waals surface area contributed by atoms with Gasteiger partial charge in [0.2, 0.25) is 5.91 Å². The Morgan fingerprint density at radius 2 is 1.60 bits per heavy atom. The first-order chi connectivity index (χ1) is 12.1. The van der Waals surface area contributed by atoms with Crippen molar-refractivity contribution < 1.29 is 9.59 Å². The number of hydrogen-bond acceptors (Lipinski definition) is 3. The van der Waals surface area contributed by atoms with Crippen molar-refractivity contribution >= 4 is 17.5 Å². The Kier molecular flexibility index (Phi) is 4.50. The lowest BCUT2D eigenvalue weighted by Crippen LogP contribution is -2.48. The zero-order valence-electron chi connectivity index (χ0n) is 14.5. The van der Waals surface area contributed by atoms with Gasteiger partial charge < -0.3 is 16.4 Å². The molecule has 3 aliphatic rings. The number of nitrogens with two attached hydrogens (primary N) is 1. The molecule has 4 rings (SSSR count). The van der Waals surface area contributed by atoms with Crippen molar-refractivity contribution in [3.8, 4) is 0 Å². The number of anilines is 1. The SMILES string of the molecule is NC1C2CCCC1CC(C(=O)Nc1ccc(C(=O)NC3CC3)cc1)C2. The first kappa shape index (κ1) is 16.6. The zero-order chi connectivity index (χ0) is 17.4. The van der Waals surface area contributed by atoms with E-state index in [1.54, 1.807) is 12.1 Å². The number of hydrogen-bond donors (Lipinski definition) is 3. The molecule has 3 fully saturated rings. The summed E-state index contributed by atoms with van der Waals surface area (Å²) in [6.45, 7) is 0. The van der Waals surface area contributed by atoms with Gasteiger partial charge in [-0.15, -0.1) is 0 Å². The Bertz CT molecular complexity index is 639. The number of nitrogens with one attached hydrogen (secondary N) is 2. The predicted molar refractivity (Wildman–Crippen MR) is 97.1 cm³/mol. The van der Waals surface area contributed by atoms with Crippen LogP contribution >= 0.6 is 0 Å². The quantitative estimate of drug-likeness (QED) is 0.787. The van der Waals surface area contributed by atoms with Crippen molar-refractivity contribution in [3.63, 3.8) is 0 Å². The zero-order valence-corrected chi connectivity index (χ0v) is 14.5. The van der Waals surface area contributed by atoms with Crippen LogP contribution in [0.2, 0.25) is 0 Å². The van der Waals surface area contributed by atoms with Crippen molar-refractivity contribution in [2.24, 2.45) is 23.5 Å². The second-order valence-electron chi connectivity index (χ2n) is 8.01. The van der Waals surface area contributed by atoms with E-state index in [2.05, 4.69) is 10.6 Å². The number of amides is 2. The fraction of sp³-hybridized carbons (Fsp3) is 0.600. The van der Waals surface area contributed by atoms with Gasteiger partial charge in [-0.1, -0.05) is 6.42 Å². The minimum atomic E-state index is -0.0329. The van der Waals surface area contributed by atoms with Crippen molar-refractivity contribution in [1.82, 2.24) is 5.32 Å². The molecule has 4 N–H and O–H groups in total. The lowest BCUT2D eigenvalue weighted by Gasteiger charge is -2.43. The molecule has 2 atom stereocenters. The van der Waals surface area contributed by atoms with E-state index in [0.29, 0.717) is 23.4 Å². The summed E-state index contributed by atoms with van der Waals surface area (Å²) < 4.78 is 0. The summed E-state index contributed by atoms with van der Waals surface area (Å²) in [5.74, 6) is 1.12. The van der Waals surface area contributed by atoms with Crippen LogP contribution in [-0.4, -0.2) is 23.9 Å². The van der Waals surface area contributed by atoms with Gasteiger partial charge in [0.15, 0.2) is 0 Å². The molecular formula is C20H27N3O2. The normalized spacial score (nSPS) is 31.2. The van der Waals surface area contributed by atoms with Gasteiger partial charge in [0.25, 0.3) is 5.91 Å². The minimum absolute atomic E-state index is 0.0329. The summed E-state index contributed by atoms with van der Waals surface area (Å²) in [6.07, 6.45) is 7.54. The van der Waals surface area contributed by atoms with Crippen molar-refractivity contribution in [3.05, 3.63) is 29.8 Å². The van der Waals surface area contributed by atoms with E-state index in [4.69, 9.17) is 5.73 Å². The molecule has 3 aliphatic carbocycles. The molecule has 0 spiro atoms. The highest BCUT2D eigenvalue weighted by atomic mass is 16.2. The second-order valence-corrected chi connectivity index (χ2v) is 8.01. The number of carbonyl (C=O) groups excluding carboxylic acids is 2. The van der Waals surface area contributed by atoms with Gasteiger partial charge in [-0.05, 0) is 74.6 Å². The van der Waals surface area contributed by atoms with E-state index < -0.39 is 0 Å². The van der Waals surface area contributed by atoms with Crippen molar-refractivity contribution in [2.45, 2.75) is 57.0 Å². The van der Waals surface area contributed by atoms with Crippen LogP contribution in [0.1, 0.15) is 55.3 Å². The minimum Gasteiger partial charge on any atom is -0.349 e. The molecule has 1 aromatic rings. The molecule has 2 unspecified atom stereocenters. The summed E-state index contributed by atoms with van der Waals surface area (Å²) >= 11 is 0. The van der Waals surface area contributed by atoms with Crippen LogP contribution in [0.5, 0.6) is 0 Å². The molecule has 2 amide bonds. The Labute approximate surface area is 148 Å². The fourth-order valence-corrected chi connectivity index (χ4v) is 4.45. The highest BCUT2D eigenvalue weighted by molar-refractivity contribution is 5.96. The smallest absolute Gasteiger partial charge is 0.251 e. The Morgan fingerprint density at radius 1 is 0.960 bits per heavy atom. The van der Waals surface area contributed by atoms with E-state index in [1.165, 1.54) is 6.42 Å². The van der Waals surface area contributed by atoms with Crippen molar-refractivity contribution in [2.75, 3.05) is 5.32 Å². The fourth-order valence-electron chi connectivity index (χ4n) is 4.45. The average Bonchev–Trinajstić information content (AvgIpc) is 3.39. The molecule has 134 valence electrons. The molecular weight excluding hydrogens is 314 g/mol. The highest BCUT2D eigenvalue weighted by Gasteiger charge is 2.40. The van der Waals surface area contributed by atoms with Crippen LogP contribution in [0, 0.1) is 17.8 Å². The lowest BCUT2D eigenvalue weighted by atomic mass is 9.65. The monoisotopic (exact) mass is 341 g/mol. The van der Waals surface area contributed by atoms with Gasteiger partial charge >= 0.3 is 0 Å². The van der Waals surface area contributed by atoms with Gasteiger partial charge in [0, 0.05) is 29.3 Å². The van der Waals surface area contributed by atoms with Crippen LogP contribution in [0.3, 0.4) is 0 Å². The third-order valence-electron chi connectivity index (χ3n) is 6.11. The summed E-state index contributed by atoms with van der Waals surface area (Å²) in [7, 11) is 0. The average molecular weight is 341 g/mol. The molecule has 5 heteroatoms. The van der Waals surface area contributed by atoms with Crippen LogP contribution in [0.4, 0.5) is 5.69 Å². The molecule has 2 bridgehead atoms. The summed E-state index contributed by atoms with van der Waals surface area (Å²) in [4.78, 5) is 24.7. The molecule has 3 saturated carbocycles. The molecule has 0 aromatic heterocycles. The summed E-state index contributed by atoms with van der Waals surface area (Å²) in [5, 5.41) is 5.99. The van der Waals surface area contributed by atoms with E-state index in [-0.39, 0.29) is 23.8 Å². The van der Waals surface area contributed by atoms with E-state index in [9.17, 15) is 9.59 Å². The first-order valence-electron chi connectivity index (χ1n) is 9.57. The van der Waals surface area contributed by atoms with Gasteiger partial charge in [0.05, 0.1) is 0 Å². The van der Waals surface area contributed by atoms with Gasteiger partial charge in [-0.2, -0.15) is 0 Å². The maximum Gasteiger partial charge on any atom is 0.251 e. The maximum absolute atomic E-state index is 12.6. The molecule has 0 heterocycles. The molecule has 1 aromatic carbocycles.